The standard InChI is InChI=1S/C22H20N2O6/c1-28-18-5-2-4-15(12-18)13-23-20(25)14-30-22(27)16-7-9-17(10-8-16)24-21(26)19-6-3-11-29-19/h2-12H,13-14H2,1H3,(H,23,25)(H,24,26). The third kappa shape index (κ3) is 5.71. The van der Waals surface area contributed by atoms with Crippen molar-refractivity contribution in [1.29, 1.82) is 0 Å². The molecule has 0 aliphatic heterocycles. The highest BCUT2D eigenvalue weighted by Gasteiger charge is 2.12. The lowest BCUT2D eigenvalue weighted by Crippen LogP contribution is -2.28. The number of nitrogens with one attached hydrogen (secondary N) is 2. The molecule has 0 saturated carbocycles. The number of benzene rings is 2. The van der Waals surface area contributed by atoms with E-state index < -0.39 is 24.4 Å². The minimum absolute atomic E-state index is 0.179. The molecule has 0 atom stereocenters. The first-order valence-corrected chi connectivity index (χ1v) is 9.07. The lowest BCUT2D eigenvalue weighted by atomic mass is 10.2. The molecule has 30 heavy (non-hydrogen) atoms. The van der Waals surface area contributed by atoms with Gasteiger partial charge in [0.25, 0.3) is 11.8 Å². The Labute approximate surface area is 172 Å². The normalized spacial score (nSPS) is 10.2. The van der Waals surface area contributed by atoms with E-state index in [9.17, 15) is 14.4 Å². The van der Waals surface area contributed by atoms with Crippen LogP contribution < -0.4 is 15.4 Å². The van der Waals surface area contributed by atoms with Gasteiger partial charge >= 0.3 is 5.97 Å². The van der Waals surface area contributed by atoms with E-state index in [1.54, 1.807) is 43.5 Å². The highest BCUT2D eigenvalue weighted by molar-refractivity contribution is 6.02. The van der Waals surface area contributed by atoms with E-state index in [1.165, 1.54) is 18.4 Å². The molecule has 8 heteroatoms. The zero-order valence-corrected chi connectivity index (χ0v) is 16.2. The Bertz CT molecular complexity index is 1010. The molecule has 0 bridgehead atoms. The van der Waals surface area contributed by atoms with Gasteiger partial charge in [-0.1, -0.05) is 12.1 Å². The topological polar surface area (TPSA) is 107 Å². The maximum Gasteiger partial charge on any atom is 0.338 e. The van der Waals surface area contributed by atoms with Gasteiger partial charge in [-0.2, -0.15) is 0 Å². The zero-order valence-electron chi connectivity index (χ0n) is 16.2. The van der Waals surface area contributed by atoms with Crippen LogP contribution in [-0.4, -0.2) is 31.5 Å². The summed E-state index contributed by atoms with van der Waals surface area (Å²) >= 11 is 0. The molecule has 0 fully saturated rings. The van der Waals surface area contributed by atoms with E-state index in [2.05, 4.69) is 10.6 Å². The number of amides is 2. The molecule has 0 unspecified atom stereocenters. The summed E-state index contributed by atoms with van der Waals surface area (Å²) in [4.78, 5) is 35.9. The van der Waals surface area contributed by atoms with Crippen LogP contribution in [0.2, 0.25) is 0 Å². The largest absolute Gasteiger partial charge is 0.497 e. The van der Waals surface area contributed by atoms with E-state index in [-0.39, 0.29) is 17.9 Å². The van der Waals surface area contributed by atoms with Crippen LogP contribution >= 0.6 is 0 Å². The highest BCUT2D eigenvalue weighted by atomic mass is 16.5. The summed E-state index contributed by atoms with van der Waals surface area (Å²) in [7, 11) is 1.57. The Morgan fingerprint density at radius 3 is 2.50 bits per heavy atom. The Morgan fingerprint density at radius 1 is 1.00 bits per heavy atom. The second kappa shape index (κ2) is 9.92. The molecule has 3 rings (SSSR count). The number of rotatable bonds is 8. The van der Waals surface area contributed by atoms with Crippen molar-refractivity contribution in [3.63, 3.8) is 0 Å². The number of esters is 1. The summed E-state index contributed by atoms with van der Waals surface area (Å²) in [6.45, 7) is -0.114. The van der Waals surface area contributed by atoms with Crippen molar-refractivity contribution in [2.45, 2.75) is 6.54 Å². The van der Waals surface area contributed by atoms with Gasteiger partial charge in [0.2, 0.25) is 0 Å². The van der Waals surface area contributed by atoms with Gasteiger partial charge in [0.05, 0.1) is 18.9 Å². The molecule has 0 saturated heterocycles. The molecule has 0 radical (unpaired) electrons. The minimum atomic E-state index is -0.643. The molecule has 2 aromatic carbocycles. The minimum Gasteiger partial charge on any atom is -0.497 e. The smallest absolute Gasteiger partial charge is 0.338 e. The quantitative estimate of drug-likeness (QED) is 0.555. The van der Waals surface area contributed by atoms with Crippen molar-refractivity contribution in [3.05, 3.63) is 83.8 Å². The van der Waals surface area contributed by atoms with Crippen molar-refractivity contribution in [2.24, 2.45) is 0 Å². The van der Waals surface area contributed by atoms with Crippen molar-refractivity contribution >= 4 is 23.5 Å². The van der Waals surface area contributed by atoms with Gasteiger partial charge in [0.1, 0.15) is 5.75 Å². The van der Waals surface area contributed by atoms with Crippen molar-refractivity contribution < 1.29 is 28.3 Å². The molecule has 1 aromatic heterocycles. The van der Waals surface area contributed by atoms with Crippen molar-refractivity contribution in [3.8, 4) is 5.75 Å². The summed E-state index contributed by atoms with van der Waals surface area (Å²) in [6, 6.07) is 16.5. The SMILES string of the molecule is COc1cccc(CNC(=O)COC(=O)c2ccc(NC(=O)c3ccco3)cc2)c1. The maximum atomic E-state index is 12.1. The Hall–Kier alpha value is -4.07. The summed E-state index contributed by atoms with van der Waals surface area (Å²) in [5.41, 5.74) is 1.61. The van der Waals surface area contributed by atoms with Crippen LogP contribution in [0.4, 0.5) is 5.69 Å². The van der Waals surface area contributed by atoms with Crippen molar-refractivity contribution in [2.75, 3.05) is 19.0 Å². The lowest BCUT2D eigenvalue weighted by Gasteiger charge is -2.08. The third-order valence-corrected chi connectivity index (χ3v) is 4.08. The van der Waals surface area contributed by atoms with Gasteiger partial charge in [0, 0.05) is 12.2 Å². The fraction of sp³-hybridized carbons (Fsp3) is 0.136. The third-order valence-electron chi connectivity index (χ3n) is 4.08. The van der Waals surface area contributed by atoms with E-state index in [4.69, 9.17) is 13.9 Å². The maximum absolute atomic E-state index is 12.1. The Kier molecular flexibility index (Phi) is 6.83. The number of carbonyl (C=O) groups is 3. The summed E-state index contributed by atoms with van der Waals surface area (Å²) in [5.74, 6) is -0.595. The number of carbonyl (C=O) groups excluding carboxylic acids is 3. The highest BCUT2D eigenvalue weighted by Crippen LogP contribution is 2.13. The van der Waals surface area contributed by atoms with Gasteiger partial charge in [-0.15, -0.1) is 0 Å². The average molecular weight is 408 g/mol. The first-order chi connectivity index (χ1) is 14.5. The summed E-state index contributed by atoms with van der Waals surface area (Å²) < 4.78 is 15.2. The van der Waals surface area contributed by atoms with Gasteiger partial charge in [-0.3, -0.25) is 9.59 Å². The van der Waals surface area contributed by atoms with Crippen LogP contribution in [0, 0.1) is 0 Å². The zero-order chi connectivity index (χ0) is 21.3. The molecular weight excluding hydrogens is 388 g/mol. The van der Waals surface area contributed by atoms with E-state index >= 15 is 0 Å². The summed E-state index contributed by atoms with van der Waals surface area (Å²) in [6.07, 6.45) is 1.40. The fourth-order valence-corrected chi connectivity index (χ4v) is 2.54. The fourth-order valence-electron chi connectivity index (χ4n) is 2.54. The predicted molar refractivity (Wildman–Crippen MR) is 108 cm³/mol. The summed E-state index contributed by atoms with van der Waals surface area (Å²) in [5, 5.41) is 5.32. The average Bonchev–Trinajstić information content (AvgIpc) is 3.32. The first-order valence-electron chi connectivity index (χ1n) is 9.07. The van der Waals surface area contributed by atoms with E-state index in [0.717, 1.165) is 5.56 Å². The monoisotopic (exact) mass is 408 g/mol. The van der Waals surface area contributed by atoms with Gasteiger partial charge in [-0.25, -0.2) is 4.79 Å². The number of hydrogen-bond donors (Lipinski definition) is 2. The molecular formula is C22H20N2O6. The van der Waals surface area contributed by atoms with Crippen LogP contribution in [0.25, 0.3) is 0 Å². The molecule has 3 aromatic rings. The van der Waals surface area contributed by atoms with Crippen molar-refractivity contribution in [1.82, 2.24) is 5.32 Å². The molecule has 154 valence electrons. The number of anilines is 1. The number of methoxy groups -OCH3 is 1. The van der Waals surface area contributed by atoms with Crippen LogP contribution in [0.1, 0.15) is 26.5 Å². The molecule has 0 aliphatic carbocycles. The van der Waals surface area contributed by atoms with Gasteiger partial charge < -0.3 is 24.5 Å². The number of furan rings is 1. The van der Waals surface area contributed by atoms with Crippen LogP contribution in [0.5, 0.6) is 5.75 Å². The first kappa shape index (κ1) is 20.7. The van der Waals surface area contributed by atoms with Gasteiger partial charge in [-0.05, 0) is 54.1 Å². The predicted octanol–water partition coefficient (Wildman–Crippen LogP) is 3.01. The number of ether oxygens (including phenoxy) is 2. The van der Waals surface area contributed by atoms with Crippen LogP contribution in [0.3, 0.4) is 0 Å². The molecule has 2 amide bonds. The van der Waals surface area contributed by atoms with E-state index in [0.29, 0.717) is 11.4 Å². The molecule has 1 heterocycles. The van der Waals surface area contributed by atoms with E-state index in [1.807, 2.05) is 12.1 Å². The second-order valence-corrected chi connectivity index (χ2v) is 6.21. The second-order valence-electron chi connectivity index (χ2n) is 6.21. The molecule has 0 spiro atoms. The lowest BCUT2D eigenvalue weighted by molar-refractivity contribution is -0.124. The molecule has 0 aliphatic rings. The van der Waals surface area contributed by atoms with Crippen LogP contribution in [0.15, 0.2) is 71.3 Å². The molecule has 2 N–H and O–H groups in total. The van der Waals surface area contributed by atoms with Gasteiger partial charge in [0.15, 0.2) is 12.4 Å². The van der Waals surface area contributed by atoms with Crippen LogP contribution in [-0.2, 0) is 16.1 Å². The molecule has 8 nitrogen and oxygen atoms in total. The Morgan fingerprint density at radius 2 is 1.80 bits per heavy atom. The number of hydrogen-bond acceptors (Lipinski definition) is 6. The Balaban J connectivity index is 1.44.